The van der Waals surface area contributed by atoms with E-state index in [9.17, 15) is 22.7 Å². The lowest BCUT2D eigenvalue weighted by Crippen LogP contribution is -2.33. The van der Waals surface area contributed by atoms with Gasteiger partial charge in [0.05, 0.1) is 0 Å². The Labute approximate surface area is 226 Å². The summed E-state index contributed by atoms with van der Waals surface area (Å²) in [4.78, 5) is 22.3. The second-order valence-corrected chi connectivity index (χ2v) is 9.58. The van der Waals surface area contributed by atoms with Gasteiger partial charge in [-0.15, -0.1) is 0 Å². The van der Waals surface area contributed by atoms with Crippen molar-refractivity contribution in [2.24, 2.45) is 0 Å². The summed E-state index contributed by atoms with van der Waals surface area (Å²) in [6.07, 6.45) is -3.37. The van der Waals surface area contributed by atoms with Gasteiger partial charge in [-0.3, -0.25) is 0 Å². The molecule has 1 saturated heterocycles. The number of pyridine rings is 1. The van der Waals surface area contributed by atoms with Gasteiger partial charge in [0.1, 0.15) is 22.9 Å². The molecule has 4 aromatic rings. The molecule has 2 aromatic heterocycles. The van der Waals surface area contributed by atoms with Crippen LogP contribution >= 0.6 is 0 Å². The Hall–Kier alpha value is -4.26. The molecule has 212 valence electrons. The summed E-state index contributed by atoms with van der Waals surface area (Å²) >= 11 is 0. The number of halogens is 4. The smallest absolute Gasteiger partial charge is 0.490 e. The first-order valence-electron chi connectivity index (χ1n) is 12.3. The van der Waals surface area contributed by atoms with Gasteiger partial charge in [0.2, 0.25) is 11.7 Å². The van der Waals surface area contributed by atoms with Crippen LogP contribution < -0.4 is 4.90 Å². The van der Waals surface area contributed by atoms with Gasteiger partial charge in [-0.2, -0.15) is 18.2 Å². The molecule has 0 saturated carbocycles. The molecule has 9 nitrogen and oxygen atoms in total. The first-order chi connectivity index (χ1) is 18.9. The minimum atomic E-state index is -5.08. The van der Waals surface area contributed by atoms with Crippen molar-refractivity contribution in [2.75, 3.05) is 32.1 Å². The van der Waals surface area contributed by atoms with Gasteiger partial charge in [-0.05, 0) is 63.3 Å². The number of carbonyl (C=O) groups is 1. The van der Waals surface area contributed by atoms with Gasteiger partial charge >= 0.3 is 12.1 Å². The van der Waals surface area contributed by atoms with Crippen molar-refractivity contribution in [2.45, 2.75) is 31.5 Å². The van der Waals surface area contributed by atoms with E-state index in [0.717, 1.165) is 42.7 Å². The molecule has 40 heavy (non-hydrogen) atoms. The first kappa shape index (κ1) is 28.7. The fourth-order valence-electron chi connectivity index (χ4n) is 4.35. The molecule has 0 amide bonds. The van der Waals surface area contributed by atoms with Gasteiger partial charge in [0.15, 0.2) is 0 Å². The maximum Gasteiger partial charge on any atom is 0.490 e. The van der Waals surface area contributed by atoms with Crippen molar-refractivity contribution in [3.05, 3.63) is 65.8 Å². The van der Waals surface area contributed by atoms with Crippen molar-refractivity contribution >= 4 is 22.7 Å². The highest BCUT2D eigenvalue weighted by Gasteiger charge is 2.38. The minimum absolute atomic E-state index is 0.165. The van der Waals surface area contributed by atoms with E-state index in [0.29, 0.717) is 29.3 Å². The Kier molecular flexibility index (Phi) is 8.52. The van der Waals surface area contributed by atoms with Crippen molar-refractivity contribution in [3.63, 3.8) is 0 Å². The molecule has 0 spiro atoms. The van der Waals surface area contributed by atoms with Crippen LogP contribution in [0, 0.1) is 5.82 Å². The summed E-state index contributed by atoms with van der Waals surface area (Å²) in [7, 11) is 3.81. The molecule has 0 aliphatic carbocycles. The second-order valence-electron chi connectivity index (χ2n) is 9.58. The molecular weight excluding hydrogens is 534 g/mol. The highest BCUT2D eigenvalue weighted by atomic mass is 19.4. The summed E-state index contributed by atoms with van der Waals surface area (Å²) < 4.78 is 51.4. The van der Waals surface area contributed by atoms with E-state index in [2.05, 4.69) is 20.0 Å². The van der Waals surface area contributed by atoms with Gasteiger partial charge in [-0.25, -0.2) is 14.2 Å². The lowest BCUT2D eigenvalue weighted by atomic mass is 9.96. The molecule has 0 atom stereocenters. The molecule has 1 fully saturated rings. The largest absolute Gasteiger partial charge is 0.506 e. The fourth-order valence-corrected chi connectivity index (χ4v) is 4.35. The van der Waals surface area contributed by atoms with Crippen LogP contribution in [-0.4, -0.2) is 69.6 Å². The van der Waals surface area contributed by atoms with Crippen molar-refractivity contribution in [1.82, 2.24) is 20.0 Å². The van der Waals surface area contributed by atoms with E-state index in [1.54, 1.807) is 18.2 Å². The summed E-state index contributed by atoms with van der Waals surface area (Å²) in [5.74, 6) is -0.679. The third-order valence-electron chi connectivity index (χ3n) is 6.33. The lowest BCUT2D eigenvalue weighted by molar-refractivity contribution is -0.192. The number of aromatic hydroxyl groups is 1. The molecule has 2 aromatic carbocycles. The number of fused-ring (bicyclic) bond motifs is 1. The number of carboxylic acid groups (broad SMARTS) is 1. The molecular formula is C27H27F4N5O4. The zero-order valence-corrected chi connectivity index (χ0v) is 21.7. The van der Waals surface area contributed by atoms with E-state index >= 15 is 0 Å². The minimum Gasteiger partial charge on any atom is -0.506 e. The summed E-state index contributed by atoms with van der Waals surface area (Å²) in [5, 5.41) is 22.3. The monoisotopic (exact) mass is 561 g/mol. The fraction of sp³-hybridized carbons (Fsp3) is 0.333. The maximum absolute atomic E-state index is 14.1. The molecule has 2 N–H and O–H groups in total. The number of aliphatic carboxylic acids is 1. The Morgan fingerprint density at radius 3 is 2.45 bits per heavy atom. The summed E-state index contributed by atoms with van der Waals surface area (Å²) in [6.45, 7) is 2.11. The number of hydrogen-bond acceptors (Lipinski definition) is 8. The number of piperidine rings is 1. The number of hydrogen-bond donors (Lipinski definition) is 2. The third kappa shape index (κ3) is 6.84. The Bertz CT molecular complexity index is 1480. The SMILES string of the molecule is CN(C)Cc1cc(-c2noc(C3CCN(c4ccc5cccc(O)c5n4)CC3)n2)ccc1F.O=C(O)C(F)(F)F. The highest BCUT2D eigenvalue weighted by molar-refractivity contribution is 5.85. The zero-order valence-electron chi connectivity index (χ0n) is 21.7. The van der Waals surface area contributed by atoms with Gasteiger partial charge in [0.25, 0.3) is 0 Å². The summed E-state index contributed by atoms with van der Waals surface area (Å²) in [6, 6.07) is 14.3. The molecule has 0 unspecified atom stereocenters. The predicted molar refractivity (Wildman–Crippen MR) is 138 cm³/mol. The standard InChI is InChI=1S/C25H26FN5O2.C2HF3O2/c1-30(2)15-19-14-18(6-8-20(19)26)24-28-25(33-29-24)17-10-12-31(13-11-17)22-9-7-16-4-3-5-21(32)23(16)27-22;3-2(4,5)1(6)7/h3-9,14,17,32H,10-13,15H2,1-2H3;(H,6,7). The third-order valence-corrected chi connectivity index (χ3v) is 6.33. The molecule has 1 aliphatic rings. The highest BCUT2D eigenvalue weighted by Crippen LogP contribution is 2.32. The number of alkyl halides is 3. The number of benzene rings is 2. The van der Waals surface area contributed by atoms with Crippen LogP contribution in [0.5, 0.6) is 5.75 Å². The molecule has 13 heteroatoms. The number of phenols is 1. The van der Waals surface area contributed by atoms with E-state index in [4.69, 9.17) is 14.4 Å². The van der Waals surface area contributed by atoms with Crippen LogP contribution in [0.25, 0.3) is 22.3 Å². The number of aromatic nitrogens is 3. The maximum atomic E-state index is 14.1. The molecule has 3 heterocycles. The van der Waals surface area contributed by atoms with Crippen LogP contribution in [0.4, 0.5) is 23.4 Å². The van der Waals surface area contributed by atoms with Crippen LogP contribution in [0.15, 0.2) is 53.1 Å². The summed E-state index contributed by atoms with van der Waals surface area (Å²) in [5.41, 5.74) is 1.97. The Morgan fingerprint density at radius 2 is 1.80 bits per heavy atom. The second kappa shape index (κ2) is 11.9. The number of phenolic OH excluding ortho intramolecular Hbond substituents is 1. The number of rotatable bonds is 5. The van der Waals surface area contributed by atoms with E-state index in [1.807, 2.05) is 43.3 Å². The number of para-hydroxylation sites is 1. The van der Waals surface area contributed by atoms with Crippen LogP contribution in [0.2, 0.25) is 0 Å². The van der Waals surface area contributed by atoms with E-state index < -0.39 is 12.1 Å². The Morgan fingerprint density at radius 1 is 1.10 bits per heavy atom. The first-order valence-corrected chi connectivity index (χ1v) is 12.3. The molecule has 1 aliphatic heterocycles. The number of anilines is 1. The van der Waals surface area contributed by atoms with Crippen molar-refractivity contribution in [1.29, 1.82) is 0 Å². The average Bonchev–Trinajstić information content (AvgIpc) is 3.40. The number of carboxylic acids is 1. The van der Waals surface area contributed by atoms with Crippen LogP contribution in [0.1, 0.15) is 30.2 Å². The van der Waals surface area contributed by atoms with Gasteiger partial charge < -0.3 is 24.5 Å². The van der Waals surface area contributed by atoms with Crippen molar-refractivity contribution in [3.8, 4) is 17.1 Å². The molecule has 5 rings (SSSR count). The molecule has 0 bridgehead atoms. The van der Waals surface area contributed by atoms with Crippen LogP contribution in [0.3, 0.4) is 0 Å². The molecule has 0 radical (unpaired) electrons. The lowest BCUT2D eigenvalue weighted by Gasteiger charge is -2.31. The van der Waals surface area contributed by atoms with Gasteiger partial charge in [-0.1, -0.05) is 17.3 Å². The predicted octanol–water partition coefficient (Wildman–Crippen LogP) is 5.21. The van der Waals surface area contributed by atoms with Crippen LogP contribution in [-0.2, 0) is 11.3 Å². The van der Waals surface area contributed by atoms with E-state index in [1.165, 1.54) is 6.07 Å². The Balaban J connectivity index is 0.000000470. The van der Waals surface area contributed by atoms with Gasteiger partial charge in [0, 0.05) is 42.1 Å². The van der Waals surface area contributed by atoms with Crippen molar-refractivity contribution < 1.29 is 37.1 Å². The average molecular weight is 562 g/mol. The zero-order chi connectivity index (χ0) is 29.0. The quantitative estimate of drug-likeness (QED) is 0.317. The number of nitrogens with zero attached hydrogens (tertiary/aromatic N) is 5. The normalized spacial score (nSPS) is 14.3. The topological polar surface area (TPSA) is 116 Å². The van der Waals surface area contributed by atoms with E-state index in [-0.39, 0.29) is 17.5 Å².